The van der Waals surface area contributed by atoms with Gasteiger partial charge in [-0.3, -0.25) is 4.79 Å². The summed E-state index contributed by atoms with van der Waals surface area (Å²) < 4.78 is 34.4. The molecule has 0 aliphatic rings. The Morgan fingerprint density at radius 1 is 1.45 bits per heavy atom. The first-order valence-corrected chi connectivity index (χ1v) is 2.57. The number of allylic oxidation sites excluding steroid dienone is 1. The lowest BCUT2D eigenvalue weighted by atomic mass is 10.4. The molecule has 0 saturated heterocycles. The van der Waals surface area contributed by atoms with Crippen molar-refractivity contribution in [2.75, 3.05) is 0 Å². The number of carbonyl (C=O) groups excluding carboxylic acids is 1. The lowest BCUT2D eigenvalue weighted by Gasteiger charge is -2.06. The van der Waals surface area contributed by atoms with Gasteiger partial charge in [0.25, 0.3) is 0 Å². The van der Waals surface area contributed by atoms with Gasteiger partial charge in [-0.05, 0) is 6.08 Å². The summed E-state index contributed by atoms with van der Waals surface area (Å²) in [6.07, 6.45) is -3.85. The lowest BCUT2D eigenvalue weighted by Crippen LogP contribution is -2.35. The summed E-state index contributed by atoms with van der Waals surface area (Å²) in [6, 6.07) is 0. The topological polar surface area (TPSA) is 29.1 Å². The van der Waals surface area contributed by atoms with Crippen LogP contribution in [0.4, 0.5) is 13.2 Å². The van der Waals surface area contributed by atoms with Gasteiger partial charge in [0.15, 0.2) is 0 Å². The number of rotatable bonds is 2. The second kappa shape index (κ2) is 3.23. The minimum Gasteiger partial charge on any atom is -0.319 e. The van der Waals surface area contributed by atoms with E-state index in [9.17, 15) is 18.0 Å². The van der Waals surface area contributed by atoms with Crippen LogP contribution in [0.15, 0.2) is 24.9 Å². The lowest BCUT2D eigenvalue weighted by molar-refractivity contribution is -0.172. The molecule has 0 fully saturated rings. The van der Waals surface area contributed by atoms with E-state index in [1.54, 1.807) is 0 Å². The van der Waals surface area contributed by atoms with Gasteiger partial charge in [0.2, 0.25) is 0 Å². The SMILES string of the molecule is C=CC(=C)NC(=O)C(F)(F)F. The van der Waals surface area contributed by atoms with Crippen LogP contribution in [0.1, 0.15) is 0 Å². The van der Waals surface area contributed by atoms with Crippen LogP contribution in [0, 0.1) is 0 Å². The molecule has 0 heterocycles. The Hall–Kier alpha value is -1.26. The number of amides is 1. The van der Waals surface area contributed by atoms with Crippen molar-refractivity contribution in [1.82, 2.24) is 5.32 Å². The summed E-state index contributed by atoms with van der Waals surface area (Å²) >= 11 is 0. The van der Waals surface area contributed by atoms with E-state index in [1.165, 1.54) is 5.32 Å². The largest absolute Gasteiger partial charge is 0.471 e. The van der Waals surface area contributed by atoms with Crippen LogP contribution in [-0.2, 0) is 4.79 Å². The Morgan fingerprint density at radius 2 is 1.91 bits per heavy atom. The monoisotopic (exact) mass is 165 g/mol. The standard InChI is InChI=1S/C6H6F3NO/c1-3-4(2)10-5(11)6(7,8)9/h3H,1-2H2,(H,10,11). The molecule has 0 aliphatic heterocycles. The van der Waals surface area contributed by atoms with Crippen molar-refractivity contribution in [3.05, 3.63) is 24.9 Å². The quantitative estimate of drug-likeness (QED) is 0.615. The summed E-state index contributed by atoms with van der Waals surface area (Å²) in [5.41, 5.74) is -0.174. The molecule has 0 aromatic heterocycles. The molecule has 2 nitrogen and oxygen atoms in total. The van der Waals surface area contributed by atoms with Gasteiger partial charge < -0.3 is 5.32 Å². The average molecular weight is 165 g/mol. The van der Waals surface area contributed by atoms with Gasteiger partial charge >= 0.3 is 12.1 Å². The summed E-state index contributed by atoms with van der Waals surface area (Å²) in [7, 11) is 0. The van der Waals surface area contributed by atoms with Crippen LogP contribution in [-0.4, -0.2) is 12.1 Å². The highest BCUT2D eigenvalue weighted by Crippen LogP contribution is 2.14. The molecular formula is C6H6F3NO. The molecule has 0 aromatic rings. The van der Waals surface area contributed by atoms with Gasteiger partial charge in [0.05, 0.1) is 0 Å². The zero-order chi connectivity index (χ0) is 9.07. The fourth-order valence-electron chi connectivity index (χ4n) is 0.268. The fraction of sp³-hybridized carbons (Fsp3) is 0.167. The van der Waals surface area contributed by atoms with E-state index in [4.69, 9.17) is 0 Å². The Bertz CT molecular complexity index is 194. The molecule has 62 valence electrons. The maximum absolute atomic E-state index is 11.5. The van der Waals surface area contributed by atoms with Crippen LogP contribution in [0.25, 0.3) is 0 Å². The van der Waals surface area contributed by atoms with Gasteiger partial charge in [-0.2, -0.15) is 13.2 Å². The Balaban J connectivity index is 4.09. The third-order valence-corrected chi connectivity index (χ3v) is 0.778. The van der Waals surface area contributed by atoms with Gasteiger partial charge in [-0.25, -0.2) is 0 Å². The average Bonchev–Trinajstić information content (AvgIpc) is 1.85. The maximum atomic E-state index is 11.5. The van der Waals surface area contributed by atoms with Crippen molar-refractivity contribution in [2.24, 2.45) is 0 Å². The van der Waals surface area contributed by atoms with Gasteiger partial charge in [0.1, 0.15) is 0 Å². The van der Waals surface area contributed by atoms with E-state index >= 15 is 0 Å². The van der Waals surface area contributed by atoms with Crippen LogP contribution in [0.3, 0.4) is 0 Å². The molecule has 0 bridgehead atoms. The van der Waals surface area contributed by atoms with Crippen LogP contribution in [0.2, 0.25) is 0 Å². The zero-order valence-electron chi connectivity index (χ0n) is 5.53. The Kier molecular flexibility index (Phi) is 2.86. The number of nitrogens with one attached hydrogen (secondary N) is 1. The Labute approximate surface area is 61.4 Å². The minimum absolute atomic E-state index is 0.174. The first kappa shape index (κ1) is 9.74. The molecule has 0 spiro atoms. The summed E-state index contributed by atoms with van der Waals surface area (Å²) in [6.45, 7) is 6.19. The van der Waals surface area contributed by atoms with Crippen LogP contribution < -0.4 is 5.32 Å². The summed E-state index contributed by atoms with van der Waals surface area (Å²) in [4.78, 5) is 10.1. The van der Waals surface area contributed by atoms with E-state index in [-0.39, 0.29) is 5.70 Å². The van der Waals surface area contributed by atoms with Crippen molar-refractivity contribution in [3.8, 4) is 0 Å². The predicted octanol–water partition coefficient (Wildman–Crippen LogP) is 1.36. The Morgan fingerprint density at radius 3 is 2.18 bits per heavy atom. The van der Waals surface area contributed by atoms with Crippen molar-refractivity contribution in [2.45, 2.75) is 6.18 Å². The molecule has 0 saturated carbocycles. The number of halogens is 3. The molecule has 1 amide bonds. The van der Waals surface area contributed by atoms with E-state index in [1.807, 2.05) is 0 Å². The van der Waals surface area contributed by atoms with Crippen molar-refractivity contribution in [1.29, 1.82) is 0 Å². The van der Waals surface area contributed by atoms with Crippen LogP contribution >= 0.6 is 0 Å². The van der Waals surface area contributed by atoms with E-state index in [0.717, 1.165) is 6.08 Å². The highest BCUT2D eigenvalue weighted by molar-refractivity contribution is 5.83. The summed E-state index contributed by atoms with van der Waals surface area (Å²) in [5, 5.41) is 1.49. The number of hydrogen-bond acceptors (Lipinski definition) is 1. The highest BCUT2D eigenvalue weighted by Gasteiger charge is 2.38. The van der Waals surface area contributed by atoms with Crippen molar-refractivity contribution < 1.29 is 18.0 Å². The third-order valence-electron chi connectivity index (χ3n) is 0.778. The first-order valence-electron chi connectivity index (χ1n) is 2.57. The smallest absolute Gasteiger partial charge is 0.319 e. The third kappa shape index (κ3) is 3.44. The van der Waals surface area contributed by atoms with Crippen molar-refractivity contribution in [3.63, 3.8) is 0 Å². The molecule has 0 unspecified atom stereocenters. The normalized spacial score (nSPS) is 10.5. The molecule has 0 rings (SSSR count). The molecular weight excluding hydrogens is 159 g/mol. The predicted molar refractivity (Wildman–Crippen MR) is 33.5 cm³/mol. The molecule has 0 radical (unpaired) electrons. The number of carbonyl (C=O) groups is 1. The fourth-order valence-corrected chi connectivity index (χ4v) is 0.268. The molecule has 1 N–H and O–H groups in total. The maximum Gasteiger partial charge on any atom is 0.471 e. The molecule has 0 aromatic carbocycles. The van der Waals surface area contributed by atoms with Gasteiger partial charge in [0, 0.05) is 5.70 Å². The first-order chi connectivity index (χ1) is 4.88. The molecule has 0 atom stereocenters. The summed E-state index contributed by atoms with van der Waals surface area (Å²) in [5.74, 6) is -2.04. The van der Waals surface area contributed by atoms with Gasteiger partial charge in [-0.1, -0.05) is 13.2 Å². The minimum atomic E-state index is -4.87. The van der Waals surface area contributed by atoms with Gasteiger partial charge in [-0.15, -0.1) is 0 Å². The van der Waals surface area contributed by atoms with Crippen molar-refractivity contribution >= 4 is 5.91 Å². The highest BCUT2D eigenvalue weighted by atomic mass is 19.4. The molecule has 0 aliphatic carbocycles. The zero-order valence-corrected chi connectivity index (χ0v) is 5.53. The number of hydrogen-bond donors (Lipinski definition) is 1. The van der Waals surface area contributed by atoms with E-state index in [2.05, 4.69) is 13.2 Å². The van der Waals surface area contributed by atoms with Crippen LogP contribution in [0.5, 0.6) is 0 Å². The second-order valence-electron chi connectivity index (χ2n) is 1.68. The second-order valence-corrected chi connectivity index (χ2v) is 1.68. The molecule has 5 heteroatoms. The number of alkyl halides is 3. The molecule has 11 heavy (non-hydrogen) atoms. The van der Waals surface area contributed by atoms with E-state index < -0.39 is 12.1 Å². The van der Waals surface area contributed by atoms with E-state index in [0.29, 0.717) is 0 Å².